The van der Waals surface area contributed by atoms with Crippen molar-refractivity contribution in [1.29, 1.82) is 0 Å². The summed E-state index contributed by atoms with van der Waals surface area (Å²) in [5, 5.41) is 0. The third kappa shape index (κ3) is 4.49. The molecule has 0 unspecified atom stereocenters. The summed E-state index contributed by atoms with van der Waals surface area (Å²) in [6, 6.07) is 19.5. The summed E-state index contributed by atoms with van der Waals surface area (Å²) < 4.78 is 28.6. The number of rotatable bonds is 5. The molecule has 0 saturated carbocycles. The first-order valence-electron chi connectivity index (χ1n) is 9.23. The van der Waals surface area contributed by atoms with Crippen LogP contribution in [0.5, 0.6) is 0 Å². The predicted octanol–water partition coefficient (Wildman–Crippen LogP) is 4.69. The highest BCUT2D eigenvalue weighted by Gasteiger charge is 2.22. The van der Waals surface area contributed by atoms with Gasteiger partial charge in [-0.15, -0.1) is 0 Å². The van der Waals surface area contributed by atoms with Crippen LogP contribution in [0.2, 0.25) is 0 Å². The highest BCUT2D eigenvalue weighted by Crippen LogP contribution is 2.25. The van der Waals surface area contributed by atoms with E-state index in [1.165, 1.54) is 4.90 Å². The maximum Gasteiger partial charge on any atom is 0.262 e. The molecule has 0 aliphatic carbocycles. The molecular formula is C23H24N2O3S. The molecule has 0 aliphatic rings. The van der Waals surface area contributed by atoms with Crippen LogP contribution in [0.15, 0.2) is 71.6 Å². The molecule has 29 heavy (non-hydrogen) atoms. The molecule has 0 aromatic heterocycles. The molecule has 1 amide bonds. The van der Waals surface area contributed by atoms with Gasteiger partial charge in [0.25, 0.3) is 15.9 Å². The fourth-order valence-corrected chi connectivity index (χ4v) is 4.43. The predicted molar refractivity (Wildman–Crippen MR) is 117 cm³/mol. The van der Waals surface area contributed by atoms with Crippen LogP contribution in [0.4, 0.5) is 11.4 Å². The Morgan fingerprint density at radius 3 is 2.17 bits per heavy atom. The molecule has 0 saturated heterocycles. The van der Waals surface area contributed by atoms with E-state index in [1.54, 1.807) is 50.4 Å². The number of anilines is 2. The standard InChI is InChI=1S/C23H24N2O3S/c1-16-10-13-19(14-11-16)25(4)23(26)20-7-5-6-8-21(20)24-29(27,28)22-15-17(2)9-12-18(22)3/h5-15,24H,1-4H3. The molecule has 0 radical (unpaired) electrons. The summed E-state index contributed by atoms with van der Waals surface area (Å²) in [5.74, 6) is -0.298. The van der Waals surface area contributed by atoms with E-state index in [0.29, 0.717) is 5.56 Å². The summed E-state index contributed by atoms with van der Waals surface area (Å²) in [5.41, 5.74) is 3.84. The van der Waals surface area contributed by atoms with Crippen molar-refractivity contribution in [1.82, 2.24) is 0 Å². The van der Waals surface area contributed by atoms with Crippen molar-refractivity contribution in [3.05, 3.63) is 89.0 Å². The van der Waals surface area contributed by atoms with Gasteiger partial charge in [0, 0.05) is 12.7 Å². The zero-order valence-corrected chi connectivity index (χ0v) is 17.7. The molecule has 1 N–H and O–H groups in total. The Morgan fingerprint density at radius 2 is 1.48 bits per heavy atom. The molecule has 5 nitrogen and oxygen atoms in total. The van der Waals surface area contributed by atoms with Crippen LogP contribution in [0.1, 0.15) is 27.0 Å². The molecule has 0 spiro atoms. The largest absolute Gasteiger partial charge is 0.311 e. The van der Waals surface area contributed by atoms with Gasteiger partial charge in [0.15, 0.2) is 0 Å². The van der Waals surface area contributed by atoms with Crippen molar-refractivity contribution < 1.29 is 13.2 Å². The van der Waals surface area contributed by atoms with Gasteiger partial charge in [0.1, 0.15) is 0 Å². The van der Waals surface area contributed by atoms with E-state index >= 15 is 0 Å². The Morgan fingerprint density at radius 1 is 0.862 bits per heavy atom. The van der Waals surface area contributed by atoms with E-state index in [-0.39, 0.29) is 22.1 Å². The first kappa shape index (κ1) is 20.6. The number of amides is 1. The second-order valence-electron chi connectivity index (χ2n) is 7.12. The SMILES string of the molecule is Cc1ccc(N(C)C(=O)c2ccccc2NS(=O)(=O)c2cc(C)ccc2C)cc1. The molecule has 0 fully saturated rings. The molecule has 0 aliphatic heterocycles. The van der Waals surface area contributed by atoms with Crippen LogP contribution in [0.25, 0.3) is 0 Å². The maximum absolute atomic E-state index is 13.1. The normalized spacial score (nSPS) is 11.2. The summed E-state index contributed by atoms with van der Waals surface area (Å²) in [7, 11) is -2.17. The lowest BCUT2D eigenvalue weighted by Gasteiger charge is -2.20. The van der Waals surface area contributed by atoms with Gasteiger partial charge < -0.3 is 4.90 Å². The molecule has 6 heteroatoms. The summed E-state index contributed by atoms with van der Waals surface area (Å²) in [4.78, 5) is 14.8. The lowest BCUT2D eigenvalue weighted by molar-refractivity contribution is 0.0994. The topological polar surface area (TPSA) is 66.5 Å². The van der Waals surface area contributed by atoms with E-state index in [4.69, 9.17) is 0 Å². The first-order valence-corrected chi connectivity index (χ1v) is 10.7. The van der Waals surface area contributed by atoms with Crippen molar-refractivity contribution in [3.8, 4) is 0 Å². The van der Waals surface area contributed by atoms with Gasteiger partial charge in [0.2, 0.25) is 0 Å². The van der Waals surface area contributed by atoms with Crippen molar-refractivity contribution in [2.45, 2.75) is 25.7 Å². The first-order chi connectivity index (χ1) is 13.7. The van der Waals surface area contributed by atoms with Gasteiger partial charge >= 0.3 is 0 Å². The van der Waals surface area contributed by atoms with Crippen LogP contribution in [-0.4, -0.2) is 21.4 Å². The molecule has 0 bridgehead atoms. The van der Waals surface area contributed by atoms with Crippen LogP contribution in [-0.2, 0) is 10.0 Å². The van der Waals surface area contributed by atoms with Gasteiger partial charge in [-0.05, 0) is 62.2 Å². The Kier molecular flexibility index (Phi) is 5.75. The Bertz CT molecular complexity index is 1150. The number of carbonyl (C=O) groups is 1. The fraction of sp³-hybridized carbons (Fsp3) is 0.174. The maximum atomic E-state index is 13.1. The number of carbonyl (C=O) groups excluding carboxylic acids is 1. The third-order valence-corrected chi connectivity index (χ3v) is 6.27. The van der Waals surface area contributed by atoms with Gasteiger partial charge in [0.05, 0.1) is 16.1 Å². The summed E-state index contributed by atoms with van der Waals surface area (Å²) in [6.07, 6.45) is 0. The average Bonchev–Trinajstić information content (AvgIpc) is 2.69. The van der Waals surface area contributed by atoms with Crippen molar-refractivity contribution in [3.63, 3.8) is 0 Å². The number of sulfonamides is 1. The van der Waals surface area contributed by atoms with Crippen LogP contribution < -0.4 is 9.62 Å². The lowest BCUT2D eigenvalue weighted by Crippen LogP contribution is -2.27. The van der Waals surface area contributed by atoms with Crippen molar-refractivity contribution in [2.75, 3.05) is 16.7 Å². The van der Waals surface area contributed by atoms with Crippen molar-refractivity contribution >= 4 is 27.3 Å². The van der Waals surface area contributed by atoms with E-state index < -0.39 is 10.0 Å². The number of benzene rings is 3. The van der Waals surface area contributed by atoms with E-state index in [1.807, 2.05) is 44.2 Å². The monoisotopic (exact) mass is 408 g/mol. The quantitative estimate of drug-likeness (QED) is 0.666. The van der Waals surface area contributed by atoms with Gasteiger partial charge in [-0.1, -0.05) is 42.0 Å². The third-order valence-electron chi connectivity index (χ3n) is 4.76. The number of nitrogens with zero attached hydrogens (tertiary/aromatic N) is 1. The number of para-hydroxylation sites is 1. The highest BCUT2D eigenvalue weighted by atomic mass is 32.2. The van der Waals surface area contributed by atoms with Gasteiger partial charge in [-0.25, -0.2) is 8.42 Å². The summed E-state index contributed by atoms with van der Waals surface area (Å²) >= 11 is 0. The molecule has 0 atom stereocenters. The zero-order chi connectivity index (χ0) is 21.2. The number of hydrogen-bond acceptors (Lipinski definition) is 3. The van der Waals surface area contributed by atoms with Crippen molar-refractivity contribution in [2.24, 2.45) is 0 Å². The van der Waals surface area contributed by atoms with Crippen LogP contribution in [0.3, 0.4) is 0 Å². The number of nitrogens with one attached hydrogen (secondary N) is 1. The molecular weight excluding hydrogens is 384 g/mol. The Labute approximate surface area is 172 Å². The molecule has 150 valence electrons. The minimum absolute atomic E-state index is 0.201. The zero-order valence-electron chi connectivity index (χ0n) is 16.9. The van der Waals surface area contributed by atoms with Crippen LogP contribution >= 0.6 is 0 Å². The fourth-order valence-electron chi connectivity index (χ4n) is 3.02. The molecule has 3 rings (SSSR count). The van der Waals surface area contributed by atoms with E-state index in [0.717, 1.165) is 16.8 Å². The minimum atomic E-state index is -3.84. The second kappa shape index (κ2) is 8.09. The molecule has 3 aromatic rings. The average molecular weight is 409 g/mol. The molecule has 0 heterocycles. The Hall–Kier alpha value is -3.12. The van der Waals surface area contributed by atoms with Gasteiger partial charge in [-0.3, -0.25) is 9.52 Å². The Balaban J connectivity index is 1.95. The lowest BCUT2D eigenvalue weighted by atomic mass is 10.1. The number of aryl methyl sites for hydroxylation is 3. The number of hydrogen-bond donors (Lipinski definition) is 1. The van der Waals surface area contributed by atoms with E-state index in [2.05, 4.69) is 4.72 Å². The minimum Gasteiger partial charge on any atom is -0.311 e. The van der Waals surface area contributed by atoms with Gasteiger partial charge in [-0.2, -0.15) is 0 Å². The van der Waals surface area contributed by atoms with E-state index in [9.17, 15) is 13.2 Å². The van der Waals surface area contributed by atoms with Crippen LogP contribution in [0, 0.1) is 20.8 Å². The smallest absolute Gasteiger partial charge is 0.262 e. The molecule has 3 aromatic carbocycles. The highest BCUT2D eigenvalue weighted by molar-refractivity contribution is 7.92. The summed E-state index contributed by atoms with van der Waals surface area (Å²) in [6.45, 7) is 5.56. The second-order valence-corrected chi connectivity index (χ2v) is 8.77.